The van der Waals surface area contributed by atoms with Crippen molar-refractivity contribution in [3.05, 3.63) is 29.3 Å². The van der Waals surface area contributed by atoms with Gasteiger partial charge >= 0.3 is 0 Å². The largest absolute Gasteiger partial charge is 0.493 e. The molecule has 0 aromatic heterocycles. The number of piperidine rings is 1. The first-order valence-corrected chi connectivity index (χ1v) is 8.34. The van der Waals surface area contributed by atoms with Gasteiger partial charge in [0.2, 0.25) is 5.91 Å². The van der Waals surface area contributed by atoms with Crippen molar-refractivity contribution in [3.63, 3.8) is 0 Å². The molecular formula is C18H25NO4. The Labute approximate surface area is 137 Å². The van der Waals surface area contributed by atoms with E-state index in [9.17, 15) is 4.79 Å². The molecule has 23 heavy (non-hydrogen) atoms. The third kappa shape index (κ3) is 3.67. The Balaban J connectivity index is 1.44. The van der Waals surface area contributed by atoms with Crippen molar-refractivity contribution in [3.8, 4) is 5.75 Å². The molecule has 0 bridgehead atoms. The molecule has 1 spiro atoms. The van der Waals surface area contributed by atoms with Crippen LogP contribution in [0.2, 0.25) is 0 Å². The van der Waals surface area contributed by atoms with Gasteiger partial charge in [0.05, 0.1) is 26.2 Å². The topological polar surface area (TPSA) is 48.0 Å². The maximum atomic E-state index is 12.3. The summed E-state index contributed by atoms with van der Waals surface area (Å²) < 4.78 is 17.2. The fourth-order valence-corrected chi connectivity index (χ4v) is 3.17. The molecule has 0 N–H and O–H groups in total. The predicted molar refractivity (Wildman–Crippen MR) is 86.5 cm³/mol. The van der Waals surface area contributed by atoms with Gasteiger partial charge in [-0.15, -0.1) is 0 Å². The summed E-state index contributed by atoms with van der Waals surface area (Å²) in [5, 5.41) is 0. The Hall–Kier alpha value is -1.59. The third-order valence-electron chi connectivity index (χ3n) is 4.82. The highest BCUT2D eigenvalue weighted by Crippen LogP contribution is 2.31. The smallest absolute Gasteiger partial charge is 0.226 e. The summed E-state index contributed by atoms with van der Waals surface area (Å²) in [5.74, 6) is 0.581. The quantitative estimate of drug-likeness (QED) is 0.855. The van der Waals surface area contributed by atoms with Crippen molar-refractivity contribution < 1.29 is 19.0 Å². The minimum absolute atomic E-state index is 0.142. The van der Waals surface area contributed by atoms with E-state index in [0.29, 0.717) is 39.3 Å². The lowest BCUT2D eigenvalue weighted by molar-refractivity contribution is -0.187. The van der Waals surface area contributed by atoms with Gasteiger partial charge in [-0.1, -0.05) is 12.1 Å². The summed E-state index contributed by atoms with van der Waals surface area (Å²) in [4.78, 5) is 14.2. The molecule has 0 atom stereocenters. The van der Waals surface area contributed by atoms with Gasteiger partial charge in [-0.05, 0) is 31.0 Å². The first-order chi connectivity index (χ1) is 11.1. The number of carbonyl (C=O) groups is 1. The molecule has 0 aliphatic carbocycles. The number of likely N-dealkylation sites (tertiary alicyclic amines) is 1. The normalized spacial score (nSPS) is 20.0. The maximum absolute atomic E-state index is 12.3. The van der Waals surface area contributed by atoms with E-state index in [0.717, 1.165) is 24.2 Å². The number of hydrogen-bond donors (Lipinski definition) is 0. The highest BCUT2D eigenvalue weighted by molar-refractivity contribution is 5.76. The molecule has 2 aliphatic rings. The van der Waals surface area contributed by atoms with Crippen molar-refractivity contribution in [1.82, 2.24) is 4.90 Å². The average molecular weight is 319 g/mol. The van der Waals surface area contributed by atoms with Crippen molar-refractivity contribution in [2.45, 2.75) is 38.9 Å². The molecule has 5 nitrogen and oxygen atoms in total. The second-order valence-electron chi connectivity index (χ2n) is 6.28. The zero-order chi connectivity index (χ0) is 16.3. The van der Waals surface area contributed by atoms with E-state index in [2.05, 4.69) is 13.0 Å². The number of carbonyl (C=O) groups excluding carboxylic acids is 1. The Morgan fingerprint density at radius 3 is 2.61 bits per heavy atom. The molecule has 5 heteroatoms. The van der Waals surface area contributed by atoms with Crippen LogP contribution in [0, 0.1) is 13.8 Å². The number of benzene rings is 1. The van der Waals surface area contributed by atoms with E-state index < -0.39 is 5.79 Å². The fraction of sp³-hybridized carbons (Fsp3) is 0.611. The number of hydrogen-bond acceptors (Lipinski definition) is 4. The number of rotatable bonds is 4. The van der Waals surface area contributed by atoms with E-state index in [1.165, 1.54) is 5.56 Å². The second-order valence-corrected chi connectivity index (χ2v) is 6.28. The van der Waals surface area contributed by atoms with Crippen LogP contribution in [-0.2, 0) is 14.3 Å². The number of nitrogens with zero attached hydrogens (tertiary/aromatic N) is 1. The van der Waals surface area contributed by atoms with Crippen LogP contribution in [0.5, 0.6) is 5.75 Å². The van der Waals surface area contributed by atoms with Gasteiger partial charge in [-0.3, -0.25) is 4.79 Å². The highest BCUT2D eigenvalue weighted by Gasteiger charge is 2.40. The van der Waals surface area contributed by atoms with Crippen LogP contribution in [-0.4, -0.2) is 49.5 Å². The summed E-state index contributed by atoms with van der Waals surface area (Å²) in [6.07, 6.45) is 1.93. The highest BCUT2D eigenvalue weighted by atomic mass is 16.7. The van der Waals surface area contributed by atoms with Crippen molar-refractivity contribution in [2.24, 2.45) is 0 Å². The monoisotopic (exact) mass is 319 g/mol. The van der Waals surface area contributed by atoms with Gasteiger partial charge in [0.15, 0.2) is 5.79 Å². The minimum Gasteiger partial charge on any atom is -0.493 e. The van der Waals surface area contributed by atoms with Crippen LogP contribution in [0.1, 0.15) is 30.4 Å². The average Bonchev–Trinajstić information content (AvgIpc) is 3.00. The molecule has 0 radical (unpaired) electrons. The summed E-state index contributed by atoms with van der Waals surface area (Å²) >= 11 is 0. The Morgan fingerprint density at radius 2 is 1.91 bits per heavy atom. The van der Waals surface area contributed by atoms with Gasteiger partial charge in [0, 0.05) is 25.9 Å². The third-order valence-corrected chi connectivity index (χ3v) is 4.82. The molecule has 2 fully saturated rings. The van der Waals surface area contributed by atoms with Crippen molar-refractivity contribution in [1.29, 1.82) is 0 Å². The summed E-state index contributed by atoms with van der Waals surface area (Å²) in [5.41, 5.74) is 2.34. The van der Waals surface area contributed by atoms with E-state index >= 15 is 0 Å². The first kappa shape index (κ1) is 16.3. The fourth-order valence-electron chi connectivity index (χ4n) is 3.17. The van der Waals surface area contributed by atoms with Gasteiger partial charge in [0.1, 0.15) is 5.75 Å². The molecule has 0 unspecified atom stereocenters. The zero-order valence-corrected chi connectivity index (χ0v) is 14.0. The Bertz CT molecular complexity index is 556. The predicted octanol–water partition coefficient (Wildman–Crippen LogP) is 2.44. The maximum Gasteiger partial charge on any atom is 0.226 e. The number of ether oxygens (including phenoxy) is 3. The van der Waals surface area contributed by atoms with E-state index in [4.69, 9.17) is 14.2 Å². The van der Waals surface area contributed by atoms with Gasteiger partial charge in [0.25, 0.3) is 0 Å². The van der Waals surface area contributed by atoms with Gasteiger partial charge in [-0.25, -0.2) is 0 Å². The first-order valence-electron chi connectivity index (χ1n) is 8.34. The van der Waals surface area contributed by atoms with E-state index in [1.54, 1.807) is 0 Å². The molecular weight excluding hydrogens is 294 g/mol. The molecule has 3 rings (SSSR count). The lowest BCUT2D eigenvalue weighted by Gasteiger charge is -2.37. The number of amides is 1. The van der Waals surface area contributed by atoms with Gasteiger partial charge in [-0.2, -0.15) is 0 Å². The zero-order valence-electron chi connectivity index (χ0n) is 14.0. The molecule has 126 valence electrons. The standard InChI is InChI=1S/C18H25NO4/c1-14-4-3-5-16(15(14)2)21-11-6-17(20)19-9-7-18(8-10-19)22-12-13-23-18/h3-5H,6-13H2,1-2H3. The van der Waals surface area contributed by atoms with Crippen molar-refractivity contribution in [2.75, 3.05) is 32.9 Å². The number of aryl methyl sites for hydroxylation is 1. The summed E-state index contributed by atoms with van der Waals surface area (Å²) in [7, 11) is 0. The van der Waals surface area contributed by atoms with Crippen LogP contribution in [0.25, 0.3) is 0 Å². The molecule has 0 saturated carbocycles. The summed E-state index contributed by atoms with van der Waals surface area (Å²) in [6, 6.07) is 5.99. The molecule has 1 amide bonds. The molecule has 2 aliphatic heterocycles. The van der Waals surface area contributed by atoms with Crippen LogP contribution in [0.3, 0.4) is 0 Å². The molecule has 1 aromatic carbocycles. The second kappa shape index (κ2) is 6.89. The SMILES string of the molecule is Cc1cccc(OCCC(=O)N2CCC3(CC2)OCCO3)c1C. The lowest BCUT2D eigenvalue weighted by Crippen LogP contribution is -2.47. The van der Waals surface area contributed by atoms with Crippen LogP contribution >= 0.6 is 0 Å². The molecule has 1 aromatic rings. The Morgan fingerprint density at radius 1 is 1.22 bits per heavy atom. The summed E-state index contributed by atoms with van der Waals surface area (Å²) in [6.45, 7) is 7.24. The van der Waals surface area contributed by atoms with E-state index in [-0.39, 0.29) is 5.91 Å². The van der Waals surface area contributed by atoms with Crippen LogP contribution in [0.4, 0.5) is 0 Å². The van der Waals surface area contributed by atoms with Crippen LogP contribution in [0.15, 0.2) is 18.2 Å². The molecule has 2 heterocycles. The Kier molecular flexibility index (Phi) is 4.87. The lowest BCUT2D eigenvalue weighted by atomic mass is 10.0. The van der Waals surface area contributed by atoms with Crippen LogP contribution < -0.4 is 4.74 Å². The van der Waals surface area contributed by atoms with Crippen molar-refractivity contribution >= 4 is 5.91 Å². The van der Waals surface area contributed by atoms with Gasteiger partial charge < -0.3 is 19.1 Å². The van der Waals surface area contributed by atoms with E-state index in [1.807, 2.05) is 24.0 Å². The molecule has 2 saturated heterocycles. The minimum atomic E-state index is -0.425.